The smallest absolute Gasteiger partial charge is 0.134 e. The molecule has 1 aliphatic rings. The van der Waals surface area contributed by atoms with E-state index in [9.17, 15) is 0 Å². The highest BCUT2D eigenvalue weighted by Gasteiger charge is 2.36. The molecule has 1 heterocycles. The van der Waals surface area contributed by atoms with Crippen LogP contribution in [0.3, 0.4) is 0 Å². The predicted octanol–water partition coefficient (Wildman–Crippen LogP) is 3.06. The summed E-state index contributed by atoms with van der Waals surface area (Å²) in [5.74, 6) is 10.9. The Morgan fingerprint density at radius 2 is 2.00 bits per heavy atom. The zero-order valence-electron chi connectivity index (χ0n) is 11.8. The van der Waals surface area contributed by atoms with E-state index in [1.807, 2.05) is 0 Å². The van der Waals surface area contributed by atoms with Crippen molar-refractivity contribution < 1.29 is 9.84 Å². The number of unbranched alkanes of at least 4 members (excludes halogenated alkanes) is 4. The van der Waals surface area contributed by atoms with Gasteiger partial charge in [0.15, 0.2) is 0 Å². The van der Waals surface area contributed by atoms with E-state index in [4.69, 9.17) is 9.84 Å². The van der Waals surface area contributed by atoms with Gasteiger partial charge >= 0.3 is 0 Å². The standard InChI is InChI=1S/C17H24O2/c1-3-5-6-7-10-13-16-17(19-16)14-11-8-9-12-15(18)4-2/h4,15-18H,2-3,5-7,10,13-14H2,1H3/t15?,16-,17-/m1/s1. The highest BCUT2D eigenvalue weighted by atomic mass is 16.6. The molecule has 2 heteroatoms. The van der Waals surface area contributed by atoms with Crippen LogP contribution >= 0.6 is 0 Å². The van der Waals surface area contributed by atoms with Gasteiger partial charge in [-0.1, -0.05) is 63.5 Å². The third kappa shape index (κ3) is 7.73. The van der Waals surface area contributed by atoms with Gasteiger partial charge in [0.05, 0.1) is 12.2 Å². The third-order valence-electron chi connectivity index (χ3n) is 3.18. The molecular weight excluding hydrogens is 236 g/mol. The number of aliphatic hydroxyl groups excluding tert-OH is 1. The van der Waals surface area contributed by atoms with Crippen LogP contribution in [0.4, 0.5) is 0 Å². The Hall–Kier alpha value is -1.22. The second-order valence-electron chi connectivity index (χ2n) is 4.87. The van der Waals surface area contributed by atoms with Crippen LogP contribution < -0.4 is 0 Å². The Kier molecular flexibility index (Phi) is 8.07. The van der Waals surface area contributed by atoms with Gasteiger partial charge in [-0.2, -0.15) is 0 Å². The average Bonchev–Trinajstić information content (AvgIpc) is 3.16. The molecule has 1 aliphatic heterocycles. The van der Waals surface area contributed by atoms with Crippen molar-refractivity contribution in [3.8, 4) is 23.7 Å². The van der Waals surface area contributed by atoms with Gasteiger partial charge in [0.25, 0.3) is 0 Å². The van der Waals surface area contributed by atoms with Gasteiger partial charge in [0, 0.05) is 6.42 Å². The van der Waals surface area contributed by atoms with Gasteiger partial charge in [-0.25, -0.2) is 0 Å². The Morgan fingerprint density at radius 1 is 1.21 bits per heavy atom. The zero-order valence-corrected chi connectivity index (χ0v) is 11.8. The van der Waals surface area contributed by atoms with Gasteiger partial charge in [-0.3, -0.25) is 0 Å². The number of ether oxygens (including phenoxy) is 1. The fourth-order valence-corrected chi connectivity index (χ4v) is 1.93. The SMILES string of the molecule is C=CC(O)C#CC#CC[C@H]1O[C@@H]1CCCCCCC. The van der Waals surface area contributed by atoms with Gasteiger partial charge in [-0.05, 0) is 18.3 Å². The normalized spacial score (nSPS) is 21.6. The van der Waals surface area contributed by atoms with Crippen LogP contribution in [0.1, 0.15) is 51.9 Å². The van der Waals surface area contributed by atoms with Crippen LogP contribution in [0.5, 0.6) is 0 Å². The second-order valence-corrected chi connectivity index (χ2v) is 4.87. The zero-order chi connectivity index (χ0) is 13.9. The molecule has 0 aromatic carbocycles. The molecular formula is C17H24O2. The average molecular weight is 260 g/mol. The van der Waals surface area contributed by atoms with Crippen molar-refractivity contribution in [1.82, 2.24) is 0 Å². The monoisotopic (exact) mass is 260 g/mol. The van der Waals surface area contributed by atoms with E-state index in [0.29, 0.717) is 12.2 Å². The van der Waals surface area contributed by atoms with Crippen molar-refractivity contribution in [3.05, 3.63) is 12.7 Å². The number of hydrogen-bond acceptors (Lipinski definition) is 2. The van der Waals surface area contributed by atoms with Crippen LogP contribution in [0, 0.1) is 23.7 Å². The Balaban J connectivity index is 2.03. The van der Waals surface area contributed by atoms with Crippen LogP contribution in [0.15, 0.2) is 12.7 Å². The quantitative estimate of drug-likeness (QED) is 0.315. The molecule has 1 rings (SSSR count). The van der Waals surface area contributed by atoms with Crippen molar-refractivity contribution >= 4 is 0 Å². The largest absolute Gasteiger partial charge is 0.377 e. The maximum absolute atomic E-state index is 9.10. The van der Waals surface area contributed by atoms with E-state index in [2.05, 4.69) is 37.2 Å². The molecule has 3 atom stereocenters. The molecule has 1 saturated heterocycles. The Labute approximate surface area is 117 Å². The van der Waals surface area contributed by atoms with Crippen LogP contribution in [0.2, 0.25) is 0 Å². The van der Waals surface area contributed by atoms with Gasteiger partial charge in [0.2, 0.25) is 0 Å². The lowest BCUT2D eigenvalue weighted by Gasteiger charge is -1.96. The molecule has 0 aromatic rings. The summed E-state index contributed by atoms with van der Waals surface area (Å²) in [6, 6.07) is 0. The van der Waals surface area contributed by atoms with E-state index in [-0.39, 0.29) is 0 Å². The second kappa shape index (κ2) is 9.68. The summed E-state index contributed by atoms with van der Waals surface area (Å²) in [4.78, 5) is 0. The Bertz CT molecular complexity index is 378. The lowest BCUT2D eigenvalue weighted by molar-refractivity contribution is 0.281. The lowest BCUT2D eigenvalue weighted by atomic mass is 10.1. The van der Waals surface area contributed by atoms with Crippen molar-refractivity contribution in [3.63, 3.8) is 0 Å². The summed E-state index contributed by atoms with van der Waals surface area (Å²) in [5.41, 5.74) is 0. The molecule has 0 aromatic heterocycles. The highest BCUT2D eigenvalue weighted by molar-refractivity contribution is 5.29. The minimum atomic E-state index is -0.776. The molecule has 0 radical (unpaired) electrons. The number of hydrogen-bond donors (Lipinski definition) is 1. The maximum atomic E-state index is 9.10. The molecule has 104 valence electrons. The van der Waals surface area contributed by atoms with Crippen LogP contribution in [0.25, 0.3) is 0 Å². The lowest BCUT2D eigenvalue weighted by Crippen LogP contribution is -1.94. The summed E-state index contributed by atoms with van der Waals surface area (Å²) < 4.78 is 5.56. The first-order chi connectivity index (χ1) is 9.27. The Morgan fingerprint density at radius 3 is 2.74 bits per heavy atom. The van der Waals surface area contributed by atoms with E-state index in [1.54, 1.807) is 0 Å². The van der Waals surface area contributed by atoms with E-state index >= 15 is 0 Å². The molecule has 1 fully saturated rings. The van der Waals surface area contributed by atoms with Crippen LogP contribution in [-0.4, -0.2) is 23.4 Å². The summed E-state index contributed by atoms with van der Waals surface area (Å²) in [7, 11) is 0. The molecule has 19 heavy (non-hydrogen) atoms. The van der Waals surface area contributed by atoms with E-state index in [0.717, 1.165) is 12.8 Å². The van der Waals surface area contributed by atoms with Crippen molar-refractivity contribution in [1.29, 1.82) is 0 Å². The van der Waals surface area contributed by atoms with E-state index < -0.39 is 6.10 Å². The van der Waals surface area contributed by atoms with E-state index in [1.165, 1.54) is 38.2 Å². The van der Waals surface area contributed by atoms with Crippen molar-refractivity contribution in [2.24, 2.45) is 0 Å². The highest BCUT2D eigenvalue weighted by Crippen LogP contribution is 2.29. The molecule has 2 nitrogen and oxygen atoms in total. The third-order valence-corrected chi connectivity index (χ3v) is 3.18. The first-order valence-electron chi connectivity index (χ1n) is 7.22. The van der Waals surface area contributed by atoms with Gasteiger partial charge in [0.1, 0.15) is 6.10 Å². The van der Waals surface area contributed by atoms with Gasteiger partial charge < -0.3 is 9.84 Å². The fourth-order valence-electron chi connectivity index (χ4n) is 1.93. The minimum absolute atomic E-state index is 0.310. The van der Waals surface area contributed by atoms with Crippen LogP contribution in [-0.2, 0) is 4.74 Å². The fraction of sp³-hybridized carbons (Fsp3) is 0.647. The first kappa shape index (κ1) is 15.8. The molecule has 0 saturated carbocycles. The predicted molar refractivity (Wildman–Crippen MR) is 78.4 cm³/mol. The summed E-state index contributed by atoms with van der Waals surface area (Å²) in [6.45, 7) is 5.67. The number of epoxide rings is 1. The number of rotatable bonds is 8. The van der Waals surface area contributed by atoms with Crippen molar-refractivity contribution in [2.75, 3.05) is 0 Å². The maximum Gasteiger partial charge on any atom is 0.134 e. The minimum Gasteiger partial charge on any atom is -0.377 e. The molecule has 0 bridgehead atoms. The first-order valence-corrected chi connectivity index (χ1v) is 7.22. The molecule has 0 amide bonds. The molecule has 1 unspecified atom stereocenters. The summed E-state index contributed by atoms with van der Waals surface area (Å²) >= 11 is 0. The number of aliphatic hydroxyl groups is 1. The molecule has 0 spiro atoms. The molecule has 1 N–H and O–H groups in total. The van der Waals surface area contributed by atoms with Gasteiger partial charge in [-0.15, -0.1) is 0 Å². The summed E-state index contributed by atoms with van der Waals surface area (Å²) in [6.07, 6.45) is 9.80. The van der Waals surface area contributed by atoms with Crippen molar-refractivity contribution in [2.45, 2.75) is 70.2 Å². The molecule has 0 aliphatic carbocycles. The topological polar surface area (TPSA) is 32.8 Å². The summed E-state index contributed by atoms with van der Waals surface area (Å²) in [5, 5.41) is 9.10.